The summed E-state index contributed by atoms with van der Waals surface area (Å²) in [5, 5.41) is 0. The molecule has 0 heterocycles. The van der Waals surface area contributed by atoms with Crippen LogP contribution in [-0.4, -0.2) is 37.3 Å². The fourth-order valence-electron chi connectivity index (χ4n) is 2.81. The van der Waals surface area contributed by atoms with E-state index >= 15 is 0 Å². The first-order valence-electron chi connectivity index (χ1n) is 7.54. The zero-order valence-electron chi connectivity index (χ0n) is 12.5. The van der Waals surface area contributed by atoms with Crippen LogP contribution >= 0.6 is 0 Å². The number of carbonyl (C=O) groups is 1. The molecule has 1 aliphatic carbocycles. The number of ketones is 1. The van der Waals surface area contributed by atoms with Gasteiger partial charge < -0.3 is 0 Å². The fourth-order valence-corrected chi connectivity index (χ4v) is 4.20. The lowest BCUT2D eigenvalue weighted by molar-refractivity contribution is 0.0988. The number of rotatable bonds is 6. The Labute approximate surface area is 127 Å². The highest BCUT2D eigenvalue weighted by molar-refractivity contribution is 7.89. The largest absolute Gasteiger partial charge is 0.294 e. The molecule has 0 saturated heterocycles. The molecule has 0 unspecified atom stereocenters. The third-order valence-corrected chi connectivity index (χ3v) is 6.11. The average molecular weight is 309 g/mol. The lowest BCUT2D eigenvalue weighted by atomic mass is 9.96. The van der Waals surface area contributed by atoms with Crippen molar-refractivity contribution < 1.29 is 13.2 Å². The number of nitrogens with zero attached hydrogens (tertiary/aromatic N) is 1. The standard InChI is InChI=1S/C16H23NO3S/c1-17(15-10-6-3-7-11-15)21(19,20)13-12-16(18)14-8-4-2-5-9-14/h2,4-5,8-9,15H,3,6-7,10-13H2,1H3. The van der Waals surface area contributed by atoms with E-state index in [4.69, 9.17) is 0 Å². The molecule has 0 aliphatic heterocycles. The van der Waals surface area contributed by atoms with Crippen LogP contribution in [0.15, 0.2) is 30.3 Å². The first kappa shape index (κ1) is 16.2. The van der Waals surface area contributed by atoms with Crippen LogP contribution in [0.25, 0.3) is 0 Å². The van der Waals surface area contributed by atoms with Gasteiger partial charge in [-0.05, 0) is 12.8 Å². The SMILES string of the molecule is CN(C1CCCCC1)S(=O)(=O)CCC(=O)c1ccccc1. The summed E-state index contributed by atoms with van der Waals surface area (Å²) in [6.45, 7) is 0. The van der Waals surface area contributed by atoms with Gasteiger partial charge in [-0.2, -0.15) is 0 Å². The molecule has 0 N–H and O–H groups in total. The minimum atomic E-state index is -3.35. The maximum Gasteiger partial charge on any atom is 0.214 e. The van der Waals surface area contributed by atoms with Crippen molar-refractivity contribution in [1.29, 1.82) is 0 Å². The molecule has 1 aromatic rings. The number of hydrogen-bond acceptors (Lipinski definition) is 3. The molecule has 116 valence electrons. The number of carbonyl (C=O) groups excluding carboxylic acids is 1. The Kier molecular flexibility index (Phi) is 5.53. The quantitative estimate of drug-likeness (QED) is 0.759. The van der Waals surface area contributed by atoms with E-state index in [-0.39, 0.29) is 24.0 Å². The fraction of sp³-hybridized carbons (Fsp3) is 0.562. The third-order valence-electron chi connectivity index (χ3n) is 4.21. The first-order valence-corrected chi connectivity index (χ1v) is 9.15. The molecule has 0 radical (unpaired) electrons. The number of benzene rings is 1. The van der Waals surface area contributed by atoms with Crippen LogP contribution in [0.2, 0.25) is 0 Å². The normalized spacial score (nSPS) is 17.0. The van der Waals surface area contributed by atoms with E-state index in [0.29, 0.717) is 5.56 Å². The molecule has 1 aromatic carbocycles. The monoisotopic (exact) mass is 309 g/mol. The Bertz CT molecular complexity index is 562. The molecule has 2 rings (SSSR count). The van der Waals surface area contributed by atoms with Crippen LogP contribution in [0.5, 0.6) is 0 Å². The first-order chi connectivity index (χ1) is 10.0. The predicted molar refractivity (Wildman–Crippen MR) is 83.8 cm³/mol. The van der Waals surface area contributed by atoms with Gasteiger partial charge >= 0.3 is 0 Å². The molecule has 0 spiro atoms. The minimum absolute atomic E-state index is 0.0450. The van der Waals surface area contributed by atoms with Crippen molar-refractivity contribution in [3.8, 4) is 0 Å². The van der Waals surface area contributed by atoms with Gasteiger partial charge in [-0.1, -0.05) is 49.6 Å². The van der Waals surface area contributed by atoms with Gasteiger partial charge in [0.1, 0.15) is 0 Å². The molecule has 21 heavy (non-hydrogen) atoms. The highest BCUT2D eigenvalue weighted by Crippen LogP contribution is 2.23. The van der Waals surface area contributed by atoms with Gasteiger partial charge in [0.2, 0.25) is 10.0 Å². The van der Waals surface area contributed by atoms with Gasteiger partial charge in [0.05, 0.1) is 5.75 Å². The summed E-state index contributed by atoms with van der Waals surface area (Å²) in [5.74, 6) is -0.218. The van der Waals surface area contributed by atoms with Crippen molar-refractivity contribution in [1.82, 2.24) is 4.31 Å². The summed E-state index contributed by atoms with van der Waals surface area (Å²) < 4.78 is 26.2. The Hall–Kier alpha value is -1.20. The molecule has 1 aliphatic rings. The van der Waals surface area contributed by atoms with Gasteiger partial charge in [0.25, 0.3) is 0 Å². The van der Waals surface area contributed by atoms with E-state index in [2.05, 4.69) is 0 Å². The van der Waals surface area contributed by atoms with Crippen LogP contribution in [0.3, 0.4) is 0 Å². The van der Waals surface area contributed by atoms with Gasteiger partial charge in [-0.15, -0.1) is 0 Å². The summed E-state index contributed by atoms with van der Waals surface area (Å²) in [4.78, 5) is 12.0. The maximum atomic E-state index is 12.3. The Morgan fingerprint density at radius 2 is 1.76 bits per heavy atom. The Morgan fingerprint density at radius 3 is 2.38 bits per heavy atom. The molecule has 4 nitrogen and oxygen atoms in total. The van der Waals surface area contributed by atoms with E-state index in [1.54, 1.807) is 31.3 Å². The Morgan fingerprint density at radius 1 is 1.14 bits per heavy atom. The molecule has 0 aromatic heterocycles. The third kappa shape index (κ3) is 4.38. The molecule has 0 bridgehead atoms. The van der Waals surface area contributed by atoms with Crippen molar-refractivity contribution in [2.24, 2.45) is 0 Å². The second-order valence-corrected chi connectivity index (χ2v) is 7.81. The average Bonchev–Trinajstić information content (AvgIpc) is 2.53. The van der Waals surface area contributed by atoms with Gasteiger partial charge in [0, 0.05) is 25.1 Å². The highest BCUT2D eigenvalue weighted by atomic mass is 32.2. The maximum absolute atomic E-state index is 12.3. The summed E-state index contributed by atoms with van der Waals surface area (Å²) in [6.07, 6.45) is 5.28. The van der Waals surface area contributed by atoms with Crippen LogP contribution < -0.4 is 0 Å². The number of Topliss-reactive ketones (excluding diaryl/α,β-unsaturated/α-hetero) is 1. The molecule has 0 atom stereocenters. The topological polar surface area (TPSA) is 54.5 Å². The van der Waals surface area contributed by atoms with Crippen LogP contribution in [-0.2, 0) is 10.0 Å². The molecule has 0 amide bonds. The lowest BCUT2D eigenvalue weighted by Gasteiger charge is -2.30. The summed E-state index contributed by atoms with van der Waals surface area (Å²) in [5.41, 5.74) is 0.577. The minimum Gasteiger partial charge on any atom is -0.294 e. The molecule has 1 saturated carbocycles. The van der Waals surface area contributed by atoms with Crippen molar-refractivity contribution in [2.75, 3.05) is 12.8 Å². The van der Waals surface area contributed by atoms with Gasteiger partial charge in [-0.3, -0.25) is 4.79 Å². The van der Waals surface area contributed by atoms with Crippen molar-refractivity contribution in [2.45, 2.75) is 44.6 Å². The van der Waals surface area contributed by atoms with E-state index in [9.17, 15) is 13.2 Å². The second-order valence-electron chi connectivity index (χ2n) is 5.66. The Balaban J connectivity index is 1.93. The zero-order chi connectivity index (χ0) is 15.3. The van der Waals surface area contributed by atoms with Crippen molar-refractivity contribution >= 4 is 15.8 Å². The molecular weight excluding hydrogens is 286 g/mol. The highest BCUT2D eigenvalue weighted by Gasteiger charge is 2.27. The van der Waals surface area contributed by atoms with Crippen molar-refractivity contribution in [3.05, 3.63) is 35.9 Å². The molecule has 1 fully saturated rings. The van der Waals surface area contributed by atoms with E-state index < -0.39 is 10.0 Å². The van der Waals surface area contributed by atoms with E-state index in [1.165, 1.54) is 10.7 Å². The van der Waals surface area contributed by atoms with Crippen molar-refractivity contribution in [3.63, 3.8) is 0 Å². The van der Waals surface area contributed by atoms with Crippen LogP contribution in [0.1, 0.15) is 48.9 Å². The lowest BCUT2D eigenvalue weighted by Crippen LogP contribution is -2.39. The summed E-state index contributed by atoms with van der Waals surface area (Å²) in [7, 11) is -1.70. The second kappa shape index (κ2) is 7.18. The van der Waals surface area contributed by atoms with Gasteiger partial charge in [0.15, 0.2) is 5.78 Å². The van der Waals surface area contributed by atoms with E-state index in [0.717, 1.165) is 25.7 Å². The van der Waals surface area contributed by atoms with E-state index in [1.807, 2.05) is 6.07 Å². The molecule has 5 heteroatoms. The summed E-state index contributed by atoms with van der Waals surface area (Å²) >= 11 is 0. The smallest absolute Gasteiger partial charge is 0.214 e. The van der Waals surface area contributed by atoms with Gasteiger partial charge in [-0.25, -0.2) is 12.7 Å². The number of sulfonamides is 1. The predicted octanol–water partition coefficient (Wildman–Crippen LogP) is 2.85. The van der Waals surface area contributed by atoms with Crippen LogP contribution in [0, 0.1) is 0 Å². The molecular formula is C16H23NO3S. The zero-order valence-corrected chi connectivity index (χ0v) is 13.3. The number of hydrogen-bond donors (Lipinski definition) is 0. The summed E-state index contributed by atoms with van der Waals surface area (Å²) in [6, 6.07) is 8.96. The van der Waals surface area contributed by atoms with Crippen LogP contribution in [0.4, 0.5) is 0 Å².